The quantitative estimate of drug-likeness (QED) is 0.867. The van der Waals surface area contributed by atoms with Crippen molar-refractivity contribution in [1.82, 2.24) is 0 Å². The summed E-state index contributed by atoms with van der Waals surface area (Å²) in [6.07, 6.45) is 2.96. The fourth-order valence-corrected chi connectivity index (χ4v) is 5.75. The van der Waals surface area contributed by atoms with E-state index in [4.69, 9.17) is 5.26 Å². The largest absolute Gasteiger partial charge is 0.385 e. The van der Waals surface area contributed by atoms with Gasteiger partial charge in [-0.05, 0) is 37.8 Å². The highest BCUT2D eigenvalue weighted by Gasteiger charge is 2.47. The van der Waals surface area contributed by atoms with E-state index in [1.807, 2.05) is 6.07 Å². The third kappa shape index (κ3) is 2.39. The Morgan fingerprint density at radius 2 is 1.81 bits per heavy atom. The molecule has 2 saturated heterocycles. The van der Waals surface area contributed by atoms with Crippen LogP contribution in [0.4, 0.5) is 8.78 Å². The molecule has 0 radical (unpaired) electrons. The number of fused-ring (bicyclic) bond motifs is 2. The van der Waals surface area contributed by atoms with Crippen LogP contribution < -0.4 is 0 Å². The summed E-state index contributed by atoms with van der Waals surface area (Å²) in [5, 5.41) is 19.8. The summed E-state index contributed by atoms with van der Waals surface area (Å²) in [4.78, 5) is 0. The van der Waals surface area contributed by atoms with Crippen molar-refractivity contribution in [2.24, 2.45) is 0 Å². The standard InChI is InChI=1S/C15H15F2NO2S/c16-13-4-9(8-18)12(5-14(13)17)15(19)6-10-2-1-3-11(7-15)21(10)20/h4-5,10-11,19H,1-3,6-7H2. The molecule has 2 unspecified atom stereocenters. The zero-order valence-corrected chi connectivity index (χ0v) is 12.1. The van der Waals surface area contributed by atoms with Gasteiger partial charge in [0, 0.05) is 26.9 Å². The molecule has 3 nitrogen and oxygen atoms in total. The van der Waals surface area contributed by atoms with Crippen LogP contribution in [0.2, 0.25) is 0 Å². The van der Waals surface area contributed by atoms with Gasteiger partial charge in [0.15, 0.2) is 11.6 Å². The summed E-state index contributed by atoms with van der Waals surface area (Å²) < 4.78 is 39.0. The molecule has 112 valence electrons. The second-order valence-electron chi connectivity index (χ2n) is 5.87. The summed E-state index contributed by atoms with van der Waals surface area (Å²) in [5.41, 5.74) is -1.33. The minimum Gasteiger partial charge on any atom is -0.385 e. The number of halogens is 2. The fourth-order valence-electron chi connectivity index (χ4n) is 3.53. The van der Waals surface area contributed by atoms with E-state index >= 15 is 0 Å². The zero-order chi connectivity index (χ0) is 15.2. The Bertz CT molecular complexity index is 640. The van der Waals surface area contributed by atoms with Gasteiger partial charge in [-0.2, -0.15) is 5.26 Å². The van der Waals surface area contributed by atoms with Crippen molar-refractivity contribution in [3.8, 4) is 6.07 Å². The lowest BCUT2D eigenvalue weighted by atomic mass is 9.79. The first-order valence-electron chi connectivity index (χ1n) is 6.96. The molecule has 2 atom stereocenters. The molecule has 3 rings (SSSR count). The predicted octanol–water partition coefficient (Wildman–Crippen LogP) is 2.49. The maximum atomic E-state index is 13.5. The fraction of sp³-hybridized carbons (Fsp3) is 0.533. The van der Waals surface area contributed by atoms with E-state index in [1.54, 1.807) is 0 Å². The summed E-state index contributed by atoms with van der Waals surface area (Å²) in [7, 11) is -0.985. The van der Waals surface area contributed by atoms with Gasteiger partial charge in [0.2, 0.25) is 0 Å². The molecule has 1 N–H and O–H groups in total. The van der Waals surface area contributed by atoms with Crippen molar-refractivity contribution < 1.29 is 18.1 Å². The van der Waals surface area contributed by atoms with Crippen molar-refractivity contribution in [3.63, 3.8) is 0 Å². The molecule has 21 heavy (non-hydrogen) atoms. The Morgan fingerprint density at radius 3 is 2.38 bits per heavy atom. The molecule has 0 aromatic heterocycles. The van der Waals surface area contributed by atoms with Crippen molar-refractivity contribution in [2.45, 2.75) is 48.2 Å². The van der Waals surface area contributed by atoms with E-state index in [0.29, 0.717) is 0 Å². The zero-order valence-electron chi connectivity index (χ0n) is 11.3. The summed E-state index contributed by atoms with van der Waals surface area (Å²) in [6, 6.07) is 3.56. The molecule has 0 spiro atoms. The van der Waals surface area contributed by atoms with Crippen LogP contribution in [-0.4, -0.2) is 19.8 Å². The molecule has 0 saturated carbocycles. The van der Waals surface area contributed by atoms with Gasteiger partial charge in [-0.25, -0.2) is 8.78 Å². The van der Waals surface area contributed by atoms with Crippen LogP contribution in [0.5, 0.6) is 0 Å². The van der Waals surface area contributed by atoms with Gasteiger partial charge in [-0.1, -0.05) is 6.42 Å². The smallest absolute Gasteiger partial charge is 0.160 e. The van der Waals surface area contributed by atoms with Gasteiger partial charge in [-0.15, -0.1) is 0 Å². The first kappa shape index (κ1) is 14.6. The Kier molecular flexibility index (Phi) is 3.58. The monoisotopic (exact) mass is 311 g/mol. The number of hydrogen-bond acceptors (Lipinski definition) is 3. The Hall–Kier alpha value is -1.32. The Balaban J connectivity index is 2.06. The van der Waals surface area contributed by atoms with Crippen LogP contribution in [0.15, 0.2) is 12.1 Å². The van der Waals surface area contributed by atoms with E-state index < -0.39 is 28.0 Å². The maximum Gasteiger partial charge on any atom is 0.160 e. The van der Waals surface area contributed by atoms with Crippen molar-refractivity contribution in [3.05, 3.63) is 34.9 Å². The predicted molar refractivity (Wildman–Crippen MR) is 73.8 cm³/mol. The average molecular weight is 311 g/mol. The number of benzene rings is 1. The molecule has 2 aliphatic rings. The van der Waals surface area contributed by atoms with Crippen molar-refractivity contribution in [2.75, 3.05) is 0 Å². The summed E-state index contributed by atoms with van der Waals surface area (Å²) >= 11 is 0. The average Bonchev–Trinajstić information content (AvgIpc) is 2.43. The SMILES string of the molecule is N#Cc1cc(F)c(F)cc1C1(O)CC2CCCC(C1)S2=O. The number of aliphatic hydroxyl groups is 1. The van der Waals surface area contributed by atoms with E-state index in [-0.39, 0.29) is 34.5 Å². The first-order chi connectivity index (χ1) is 9.94. The van der Waals surface area contributed by atoms with Gasteiger partial charge in [0.1, 0.15) is 0 Å². The molecule has 2 bridgehead atoms. The molecule has 0 amide bonds. The van der Waals surface area contributed by atoms with Gasteiger partial charge >= 0.3 is 0 Å². The molecule has 2 heterocycles. The van der Waals surface area contributed by atoms with Gasteiger partial charge < -0.3 is 5.11 Å². The molecule has 1 aromatic carbocycles. The molecular weight excluding hydrogens is 296 g/mol. The number of nitrogens with zero attached hydrogens (tertiary/aromatic N) is 1. The normalized spacial score (nSPS) is 35.2. The lowest BCUT2D eigenvalue weighted by Crippen LogP contribution is -2.47. The van der Waals surface area contributed by atoms with Gasteiger partial charge in [-0.3, -0.25) is 4.21 Å². The second kappa shape index (κ2) is 5.15. The molecule has 0 aliphatic carbocycles. The first-order valence-corrected chi connectivity index (χ1v) is 8.23. The molecule has 1 aromatic rings. The van der Waals surface area contributed by atoms with Crippen LogP contribution in [0.25, 0.3) is 0 Å². The lowest BCUT2D eigenvalue weighted by molar-refractivity contribution is 0.00594. The molecule has 2 aliphatic heterocycles. The summed E-state index contributed by atoms with van der Waals surface area (Å²) in [5.74, 6) is -2.17. The van der Waals surface area contributed by atoms with E-state index in [9.17, 15) is 18.1 Å². The highest BCUT2D eigenvalue weighted by atomic mass is 32.2. The lowest BCUT2D eigenvalue weighted by Gasteiger charge is -2.44. The summed E-state index contributed by atoms with van der Waals surface area (Å²) in [6.45, 7) is 0. The maximum absolute atomic E-state index is 13.5. The molecular formula is C15H15F2NO2S. The van der Waals surface area contributed by atoms with Gasteiger partial charge in [0.05, 0.1) is 17.2 Å². The van der Waals surface area contributed by atoms with Gasteiger partial charge in [0.25, 0.3) is 0 Å². The van der Waals surface area contributed by atoms with Crippen LogP contribution in [0, 0.1) is 23.0 Å². The van der Waals surface area contributed by atoms with Crippen molar-refractivity contribution in [1.29, 1.82) is 5.26 Å². The number of nitriles is 1. The van der Waals surface area contributed by atoms with E-state index in [1.165, 1.54) is 0 Å². The topological polar surface area (TPSA) is 61.1 Å². The number of rotatable bonds is 1. The second-order valence-corrected chi connectivity index (χ2v) is 7.86. The van der Waals surface area contributed by atoms with Crippen LogP contribution in [0.3, 0.4) is 0 Å². The minimum atomic E-state index is -1.40. The van der Waals surface area contributed by atoms with E-state index in [2.05, 4.69) is 0 Å². The highest BCUT2D eigenvalue weighted by Crippen LogP contribution is 2.45. The molecule has 6 heteroatoms. The van der Waals surface area contributed by atoms with E-state index in [0.717, 1.165) is 31.4 Å². The minimum absolute atomic E-state index is 0.0536. The molecule has 2 fully saturated rings. The third-order valence-corrected chi connectivity index (χ3v) is 6.64. The van der Waals surface area contributed by atoms with Crippen LogP contribution >= 0.6 is 0 Å². The Morgan fingerprint density at radius 1 is 1.24 bits per heavy atom. The Labute approximate surface area is 124 Å². The highest BCUT2D eigenvalue weighted by molar-refractivity contribution is 7.86. The third-order valence-electron chi connectivity index (χ3n) is 4.52. The van der Waals surface area contributed by atoms with Crippen LogP contribution in [-0.2, 0) is 16.4 Å². The van der Waals surface area contributed by atoms with Crippen LogP contribution in [0.1, 0.15) is 43.2 Å². The van der Waals surface area contributed by atoms with Crippen molar-refractivity contribution >= 4 is 10.8 Å². The number of hydrogen-bond donors (Lipinski definition) is 1.